The average molecular weight is 437 g/mol. The first-order valence-corrected chi connectivity index (χ1v) is 10.5. The van der Waals surface area contributed by atoms with Gasteiger partial charge in [0.25, 0.3) is 34.4 Å². The van der Waals surface area contributed by atoms with E-state index >= 15 is 0 Å². The van der Waals surface area contributed by atoms with Crippen molar-refractivity contribution in [3.8, 4) is 0 Å². The Morgan fingerprint density at radius 2 is 1.32 bits per heavy atom. The summed E-state index contributed by atoms with van der Waals surface area (Å²) in [5.41, 5.74) is -0.528. The van der Waals surface area contributed by atoms with Gasteiger partial charge in [0.2, 0.25) is 3.66 Å². The number of rotatable bonds is 3. The minimum Gasteiger partial charge on any atom is -0.284 e. The van der Waals surface area contributed by atoms with Gasteiger partial charge in [-0.25, -0.2) is 0 Å². The number of hydrogen-bond donors (Lipinski definition) is 3. The van der Waals surface area contributed by atoms with E-state index in [2.05, 4.69) is 15.9 Å². The normalized spacial score (nSPS) is 24.9. The van der Waals surface area contributed by atoms with E-state index in [0.717, 1.165) is 6.07 Å². The SMILES string of the molecule is O=S(=O)(O)C1(Br)c2ccccc2CC1(S(=O)(=O)O)S(=O)(=O)O. The summed E-state index contributed by atoms with van der Waals surface area (Å²) in [6, 6.07) is 4.88. The monoisotopic (exact) mass is 436 g/mol. The maximum atomic E-state index is 11.8. The minimum absolute atomic E-state index is 0.104. The van der Waals surface area contributed by atoms with Crippen molar-refractivity contribution in [1.29, 1.82) is 0 Å². The quantitative estimate of drug-likeness (QED) is 0.441. The van der Waals surface area contributed by atoms with Crippen molar-refractivity contribution in [1.82, 2.24) is 0 Å². The molecular weight excluding hydrogens is 428 g/mol. The highest BCUT2D eigenvalue weighted by atomic mass is 79.9. The van der Waals surface area contributed by atoms with Crippen LogP contribution in [0.2, 0.25) is 0 Å². The zero-order valence-electron chi connectivity index (χ0n) is 10.4. The van der Waals surface area contributed by atoms with Gasteiger partial charge in [0.05, 0.1) is 0 Å². The van der Waals surface area contributed by atoms with Gasteiger partial charge in [-0.1, -0.05) is 40.2 Å². The summed E-state index contributed by atoms with van der Waals surface area (Å²) >= 11 is 2.44. The van der Waals surface area contributed by atoms with Crippen molar-refractivity contribution in [2.45, 2.75) is 14.2 Å². The van der Waals surface area contributed by atoms with Crippen LogP contribution in [0.5, 0.6) is 0 Å². The molecule has 1 atom stereocenters. The molecule has 1 aliphatic carbocycles. The Hall–Kier alpha value is -0.570. The summed E-state index contributed by atoms with van der Waals surface area (Å²) in [4.78, 5) is 0. The number of benzene rings is 1. The first-order chi connectivity index (χ1) is 9.70. The molecule has 0 radical (unpaired) electrons. The lowest BCUT2D eigenvalue weighted by Gasteiger charge is -2.34. The van der Waals surface area contributed by atoms with Crippen molar-refractivity contribution >= 4 is 46.3 Å². The van der Waals surface area contributed by atoms with Crippen LogP contribution in [0.1, 0.15) is 11.1 Å². The zero-order chi connectivity index (χ0) is 17.2. The molecule has 0 heterocycles. The fourth-order valence-corrected chi connectivity index (χ4v) is 9.12. The summed E-state index contributed by atoms with van der Waals surface area (Å²) in [7, 11) is -16.9. The Bertz CT molecular complexity index is 916. The maximum Gasteiger partial charge on any atom is 0.291 e. The van der Waals surface area contributed by atoms with Gasteiger partial charge in [0, 0.05) is 6.42 Å². The molecule has 124 valence electrons. The van der Waals surface area contributed by atoms with E-state index in [1.807, 2.05) is 0 Å². The van der Waals surface area contributed by atoms with Crippen molar-refractivity contribution < 1.29 is 38.9 Å². The van der Waals surface area contributed by atoms with Crippen LogP contribution in [0, 0.1) is 0 Å². The lowest BCUT2D eigenvalue weighted by atomic mass is 10.1. The van der Waals surface area contributed by atoms with Gasteiger partial charge in [0.15, 0.2) is 0 Å². The second-order valence-corrected chi connectivity index (χ2v) is 11.4. The number of alkyl halides is 1. The summed E-state index contributed by atoms with van der Waals surface area (Å²) in [6.07, 6.45) is -1.08. The first-order valence-electron chi connectivity index (χ1n) is 5.38. The van der Waals surface area contributed by atoms with Gasteiger partial charge in [-0.2, -0.15) is 25.3 Å². The van der Waals surface area contributed by atoms with Crippen LogP contribution in [0.3, 0.4) is 0 Å². The molecule has 0 saturated heterocycles. The fourth-order valence-electron chi connectivity index (χ4n) is 2.54. The van der Waals surface area contributed by atoms with E-state index in [9.17, 15) is 38.9 Å². The third kappa shape index (κ3) is 2.00. The fraction of sp³-hybridized carbons (Fsp3) is 0.333. The molecule has 1 aromatic carbocycles. The highest BCUT2D eigenvalue weighted by Gasteiger charge is 2.77. The Balaban J connectivity index is 3.13. The van der Waals surface area contributed by atoms with Crippen LogP contribution in [-0.2, 0) is 40.4 Å². The molecule has 13 heteroatoms. The van der Waals surface area contributed by atoms with Crippen LogP contribution < -0.4 is 0 Å². The predicted octanol–water partition coefficient (Wildman–Crippen LogP) is 0.150. The lowest BCUT2D eigenvalue weighted by Crippen LogP contribution is -2.59. The molecule has 9 nitrogen and oxygen atoms in total. The molecule has 3 N–H and O–H groups in total. The molecule has 22 heavy (non-hydrogen) atoms. The van der Waals surface area contributed by atoms with Gasteiger partial charge in [-0.05, 0) is 11.1 Å². The molecule has 0 bridgehead atoms. The van der Waals surface area contributed by atoms with Crippen LogP contribution in [-0.4, -0.2) is 43.0 Å². The standard InChI is InChI=1S/C9H9BrO9S3/c10-9(22(17,18)19)7-4-2-1-3-6(7)5-8(9,20(11,12)13)21(14,15)16/h1-4H,5H2,(H,11,12,13)(H,14,15,16)(H,17,18,19). The Morgan fingerprint density at radius 1 is 0.864 bits per heavy atom. The van der Waals surface area contributed by atoms with Gasteiger partial charge in [-0.15, -0.1) is 0 Å². The number of hydrogen-bond acceptors (Lipinski definition) is 6. The first kappa shape index (κ1) is 17.8. The Labute approximate surface area is 134 Å². The topological polar surface area (TPSA) is 163 Å². The van der Waals surface area contributed by atoms with Crippen LogP contribution in [0.4, 0.5) is 0 Å². The second kappa shape index (κ2) is 4.72. The largest absolute Gasteiger partial charge is 0.291 e. The van der Waals surface area contributed by atoms with Gasteiger partial charge in [0.1, 0.15) is 0 Å². The summed E-state index contributed by atoms with van der Waals surface area (Å²) in [5, 5.41) is 0. The molecule has 0 saturated carbocycles. The molecule has 2 rings (SSSR count). The highest BCUT2D eigenvalue weighted by molar-refractivity contribution is 9.11. The molecular formula is C9H9BrO9S3. The average Bonchev–Trinajstić information content (AvgIpc) is 2.60. The van der Waals surface area contributed by atoms with E-state index in [-0.39, 0.29) is 5.56 Å². The molecule has 0 aliphatic heterocycles. The third-order valence-corrected chi connectivity index (χ3v) is 11.7. The van der Waals surface area contributed by atoms with Gasteiger partial charge in [-0.3, -0.25) is 13.7 Å². The van der Waals surface area contributed by atoms with Gasteiger partial charge >= 0.3 is 0 Å². The summed E-state index contributed by atoms with van der Waals surface area (Å²) in [6.45, 7) is 0. The Kier molecular flexibility index (Phi) is 3.81. The summed E-state index contributed by atoms with van der Waals surface area (Å²) < 4.78 is 92.0. The van der Waals surface area contributed by atoms with Crippen molar-refractivity contribution in [2.24, 2.45) is 0 Å². The van der Waals surface area contributed by atoms with E-state index in [1.54, 1.807) is 0 Å². The molecule has 0 spiro atoms. The molecule has 0 fully saturated rings. The second-order valence-electron chi connectivity index (χ2n) is 4.61. The Morgan fingerprint density at radius 3 is 1.73 bits per heavy atom. The van der Waals surface area contributed by atoms with E-state index in [4.69, 9.17) is 0 Å². The molecule has 0 amide bonds. The lowest BCUT2D eigenvalue weighted by molar-refractivity contribution is 0.398. The van der Waals surface area contributed by atoms with Crippen LogP contribution in [0.15, 0.2) is 24.3 Å². The number of halogens is 1. The molecule has 0 aromatic heterocycles. The van der Waals surface area contributed by atoms with Gasteiger partial charge < -0.3 is 0 Å². The zero-order valence-corrected chi connectivity index (χ0v) is 14.4. The molecule has 1 unspecified atom stereocenters. The van der Waals surface area contributed by atoms with Crippen LogP contribution >= 0.6 is 15.9 Å². The van der Waals surface area contributed by atoms with E-state index in [0.29, 0.717) is 0 Å². The minimum atomic E-state index is -5.70. The smallest absolute Gasteiger partial charge is 0.284 e. The van der Waals surface area contributed by atoms with Crippen molar-refractivity contribution in [3.05, 3.63) is 35.4 Å². The molecule has 1 aromatic rings. The predicted molar refractivity (Wildman–Crippen MR) is 78.1 cm³/mol. The van der Waals surface area contributed by atoms with E-state index < -0.39 is 50.1 Å². The van der Waals surface area contributed by atoms with Crippen molar-refractivity contribution in [2.75, 3.05) is 0 Å². The van der Waals surface area contributed by atoms with Crippen molar-refractivity contribution in [3.63, 3.8) is 0 Å². The number of fused-ring (bicyclic) bond motifs is 1. The third-order valence-electron chi connectivity index (χ3n) is 3.47. The maximum absolute atomic E-state index is 11.8. The van der Waals surface area contributed by atoms with Crippen LogP contribution in [0.25, 0.3) is 0 Å². The van der Waals surface area contributed by atoms with E-state index in [1.165, 1.54) is 18.2 Å². The summed E-state index contributed by atoms with van der Waals surface area (Å²) in [5.74, 6) is 0. The highest BCUT2D eigenvalue weighted by Crippen LogP contribution is 2.59. The molecule has 1 aliphatic rings.